The monoisotopic (exact) mass is 359 g/mol. The molecule has 2 aromatic rings. The number of carbonyl (C=O) groups is 2. The Morgan fingerprint density at radius 1 is 1.17 bits per heavy atom. The first-order chi connectivity index (χ1) is 11.5. The lowest BCUT2D eigenvalue weighted by Gasteiger charge is -2.16. The van der Waals surface area contributed by atoms with Gasteiger partial charge in [0.1, 0.15) is 5.82 Å². The van der Waals surface area contributed by atoms with Crippen molar-refractivity contribution in [3.8, 4) is 0 Å². The number of anilines is 1. The number of carbonyl (C=O) groups excluding carboxylic acids is 1. The third-order valence-corrected chi connectivity index (χ3v) is 4.66. The number of aromatic carboxylic acids is 1. The fourth-order valence-corrected chi connectivity index (χ4v) is 3.53. The van der Waals surface area contributed by atoms with Gasteiger partial charge in [0.2, 0.25) is 0 Å². The maximum Gasteiger partial charge on any atom is 0.337 e. The molecule has 0 unspecified atom stereocenters. The Labute approximate surface area is 146 Å². The van der Waals surface area contributed by atoms with Gasteiger partial charge in [0.25, 0.3) is 5.91 Å². The number of halogens is 1. The molecule has 0 saturated carbocycles. The predicted octanol–water partition coefficient (Wildman–Crippen LogP) is 3.93. The van der Waals surface area contributed by atoms with E-state index in [1.807, 2.05) is 0 Å². The molecule has 120 valence electrons. The van der Waals surface area contributed by atoms with Crippen LogP contribution in [0.1, 0.15) is 15.9 Å². The van der Waals surface area contributed by atoms with E-state index in [0.717, 1.165) is 16.7 Å². The molecular formula is C17H10FNO3S2. The number of benzene rings is 2. The van der Waals surface area contributed by atoms with Crippen LogP contribution in [0.15, 0.2) is 53.4 Å². The highest BCUT2D eigenvalue weighted by Gasteiger charge is 2.35. The summed E-state index contributed by atoms with van der Waals surface area (Å²) in [5, 5.41) is 9.28. The number of thioether (sulfide) groups is 1. The summed E-state index contributed by atoms with van der Waals surface area (Å²) in [6.07, 6.45) is 1.41. The molecule has 0 aliphatic carbocycles. The van der Waals surface area contributed by atoms with E-state index in [4.69, 9.17) is 12.2 Å². The van der Waals surface area contributed by atoms with E-state index in [1.54, 1.807) is 30.3 Å². The van der Waals surface area contributed by atoms with E-state index >= 15 is 0 Å². The second kappa shape index (κ2) is 6.54. The quantitative estimate of drug-likeness (QED) is 0.665. The lowest BCUT2D eigenvalue weighted by Crippen LogP contribution is -2.29. The first-order valence-corrected chi connectivity index (χ1v) is 8.06. The van der Waals surface area contributed by atoms with Crippen molar-refractivity contribution in [2.75, 3.05) is 4.90 Å². The number of carboxylic acids is 1. The summed E-state index contributed by atoms with van der Waals surface area (Å²) in [5.74, 6) is -2.08. The lowest BCUT2D eigenvalue weighted by atomic mass is 10.1. The first-order valence-electron chi connectivity index (χ1n) is 6.84. The largest absolute Gasteiger partial charge is 0.478 e. The smallest absolute Gasteiger partial charge is 0.337 e. The van der Waals surface area contributed by atoms with Crippen LogP contribution >= 0.6 is 24.0 Å². The Kier molecular flexibility index (Phi) is 4.46. The van der Waals surface area contributed by atoms with Gasteiger partial charge in [-0.3, -0.25) is 9.69 Å². The minimum Gasteiger partial charge on any atom is -0.478 e. The summed E-state index contributed by atoms with van der Waals surface area (Å²) in [4.78, 5) is 25.4. The summed E-state index contributed by atoms with van der Waals surface area (Å²) < 4.78 is 14.0. The number of amides is 1. The lowest BCUT2D eigenvalue weighted by molar-refractivity contribution is -0.113. The summed E-state index contributed by atoms with van der Waals surface area (Å²) in [5.41, 5.74) is 0.440. The van der Waals surface area contributed by atoms with Crippen molar-refractivity contribution in [1.82, 2.24) is 0 Å². The van der Waals surface area contributed by atoms with Crippen LogP contribution in [0.4, 0.5) is 10.1 Å². The zero-order valence-electron chi connectivity index (χ0n) is 12.1. The van der Waals surface area contributed by atoms with E-state index in [0.29, 0.717) is 0 Å². The minimum atomic E-state index is -1.15. The van der Waals surface area contributed by atoms with Gasteiger partial charge in [-0.15, -0.1) is 0 Å². The minimum absolute atomic E-state index is 0.0269. The Balaban J connectivity index is 2.02. The van der Waals surface area contributed by atoms with Crippen LogP contribution in [0, 0.1) is 5.82 Å². The van der Waals surface area contributed by atoms with E-state index in [-0.39, 0.29) is 26.0 Å². The number of carboxylic acid groups (broad SMARTS) is 1. The maximum absolute atomic E-state index is 13.8. The van der Waals surface area contributed by atoms with Gasteiger partial charge in [0, 0.05) is 5.56 Å². The van der Waals surface area contributed by atoms with Gasteiger partial charge >= 0.3 is 5.97 Å². The van der Waals surface area contributed by atoms with Crippen molar-refractivity contribution >= 4 is 51.9 Å². The molecule has 0 spiro atoms. The number of para-hydroxylation sites is 1. The zero-order valence-corrected chi connectivity index (χ0v) is 13.7. The number of rotatable bonds is 3. The van der Waals surface area contributed by atoms with Crippen molar-refractivity contribution in [3.63, 3.8) is 0 Å². The van der Waals surface area contributed by atoms with Crippen LogP contribution in [0.2, 0.25) is 0 Å². The van der Waals surface area contributed by atoms with Crippen LogP contribution < -0.4 is 4.90 Å². The molecule has 1 fully saturated rings. The molecule has 0 radical (unpaired) electrons. The molecule has 1 aliphatic heterocycles. The van der Waals surface area contributed by atoms with E-state index in [2.05, 4.69) is 0 Å². The Hall–Kier alpha value is -2.51. The molecule has 1 N–H and O–H groups in total. The molecule has 1 saturated heterocycles. The standard InChI is InChI=1S/C17H10FNO3S2/c18-12-7-3-1-5-10(12)9-14-15(20)19(17(23)24-14)13-8-4-2-6-11(13)16(21)22/h1-9H,(H,21,22)/b14-9-. The Morgan fingerprint density at radius 3 is 2.54 bits per heavy atom. The zero-order chi connectivity index (χ0) is 17.3. The third-order valence-electron chi connectivity index (χ3n) is 3.36. The molecule has 2 aromatic carbocycles. The van der Waals surface area contributed by atoms with E-state index in [1.165, 1.54) is 24.3 Å². The molecule has 4 nitrogen and oxygen atoms in total. The molecule has 3 rings (SSSR count). The average molecular weight is 359 g/mol. The topological polar surface area (TPSA) is 57.6 Å². The molecule has 0 aromatic heterocycles. The van der Waals surface area contributed by atoms with Gasteiger partial charge in [-0.2, -0.15) is 0 Å². The summed E-state index contributed by atoms with van der Waals surface area (Å²) in [6.45, 7) is 0. The fourth-order valence-electron chi connectivity index (χ4n) is 2.26. The number of hydrogen-bond donors (Lipinski definition) is 1. The second-order valence-corrected chi connectivity index (χ2v) is 6.54. The Bertz CT molecular complexity index is 895. The average Bonchev–Trinajstić information content (AvgIpc) is 2.83. The molecular weight excluding hydrogens is 349 g/mol. The second-order valence-electron chi connectivity index (χ2n) is 4.86. The molecule has 0 bridgehead atoms. The van der Waals surface area contributed by atoms with Crippen LogP contribution in [0.25, 0.3) is 6.08 Å². The van der Waals surface area contributed by atoms with Crippen molar-refractivity contribution in [2.24, 2.45) is 0 Å². The normalized spacial score (nSPS) is 16.0. The van der Waals surface area contributed by atoms with Gasteiger partial charge in [0.15, 0.2) is 4.32 Å². The maximum atomic E-state index is 13.8. The van der Waals surface area contributed by atoms with Crippen LogP contribution in [0.5, 0.6) is 0 Å². The van der Waals surface area contributed by atoms with Crippen molar-refractivity contribution in [2.45, 2.75) is 0 Å². The molecule has 1 heterocycles. The molecule has 24 heavy (non-hydrogen) atoms. The first kappa shape index (κ1) is 16.4. The summed E-state index contributed by atoms with van der Waals surface area (Å²) in [7, 11) is 0. The highest BCUT2D eigenvalue weighted by atomic mass is 32.2. The van der Waals surface area contributed by atoms with Crippen LogP contribution in [0.3, 0.4) is 0 Å². The molecule has 1 aliphatic rings. The third kappa shape index (κ3) is 2.95. The highest BCUT2D eigenvalue weighted by Crippen LogP contribution is 2.37. The van der Waals surface area contributed by atoms with E-state index in [9.17, 15) is 19.1 Å². The van der Waals surface area contributed by atoms with Crippen molar-refractivity contribution in [1.29, 1.82) is 0 Å². The molecule has 7 heteroatoms. The number of nitrogens with zero attached hydrogens (tertiary/aromatic N) is 1. The van der Waals surface area contributed by atoms with Gasteiger partial charge in [0.05, 0.1) is 16.2 Å². The van der Waals surface area contributed by atoms with Gasteiger partial charge in [-0.1, -0.05) is 54.3 Å². The highest BCUT2D eigenvalue weighted by molar-refractivity contribution is 8.27. The van der Waals surface area contributed by atoms with Crippen molar-refractivity contribution < 1.29 is 19.1 Å². The van der Waals surface area contributed by atoms with Crippen LogP contribution in [-0.2, 0) is 4.79 Å². The molecule has 0 atom stereocenters. The fraction of sp³-hybridized carbons (Fsp3) is 0. The van der Waals surface area contributed by atoms with Gasteiger partial charge in [-0.25, -0.2) is 9.18 Å². The summed E-state index contributed by atoms with van der Waals surface area (Å²) in [6, 6.07) is 12.2. The molecule has 1 amide bonds. The SMILES string of the molecule is O=C(O)c1ccccc1N1C(=O)/C(=C/c2ccccc2F)SC1=S. The summed E-state index contributed by atoms with van der Waals surface area (Å²) >= 11 is 6.22. The van der Waals surface area contributed by atoms with Gasteiger partial charge in [-0.05, 0) is 24.3 Å². The number of thiocarbonyl (C=S) groups is 1. The van der Waals surface area contributed by atoms with Crippen LogP contribution in [-0.4, -0.2) is 21.3 Å². The predicted molar refractivity (Wildman–Crippen MR) is 95.5 cm³/mol. The van der Waals surface area contributed by atoms with E-state index < -0.39 is 17.7 Å². The number of hydrogen-bond acceptors (Lipinski definition) is 4. The van der Waals surface area contributed by atoms with Crippen molar-refractivity contribution in [3.05, 3.63) is 70.4 Å². The Morgan fingerprint density at radius 2 is 1.83 bits per heavy atom. The van der Waals surface area contributed by atoms with Gasteiger partial charge < -0.3 is 5.11 Å².